The molecule has 2 aromatic rings. The van der Waals surface area contributed by atoms with E-state index in [2.05, 4.69) is 15.2 Å². The average Bonchev–Trinajstić information content (AvgIpc) is 3.04. The topological polar surface area (TPSA) is 73.2 Å². The number of aromatic nitrogens is 2. The summed E-state index contributed by atoms with van der Waals surface area (Å²) < 4.78 is 42.7. The number of nitrogens with one attached hydrogen (secondary N) is 1. The Kier molecular flexibility index (Phi) is 3.90. The predicted molar refractivity (Wildman–Crippen MR) is 96.1 cm³/mol. The molecule has 0 amide bonds. The minimum Gasteiger partial charge on any atom is -0.406 e. The van der Waals surface area contributed by atoms with Gasteiger partial charge in [0, 0.05) is 23.6 Å². The first kappa shape index (κ1) is 18.6. The van der Waals surface area contributed by atoms with Gasteiger partial charge >= 0.3 is 6.36 Å². The fraction of sp³-hybridized carbons (Fsp3) is 0.278. The van der Waals surface area contributed by atoms with Crippen molar-refractivity contribution in [3.63, 3.8) is 0 Å². The number of alkyl halides is 3. The van der Waals surface area contributed by atoms with Gasteiger partial charge in [-0.05, 0) is 32.0 Å². The van der Waals surface area contributed by atoms with Gasteiger partial charge in [0.15, 0.2) is 5.78 Å². The summed E-state index contributed by atoms with van der Waals surface area (Å²) in [7, 11) is 0. The van der Waals surface area contributed by atoms with Crippen LogP contribution in [0.5, 0.6) is 5.75 Å². The van der Waals surface area contributed by atoms with Gasteiger partial charge in [-0.2, -0.15) is 5.10 Å². The van der Waals surface area contributed by atoms with E-state index in [0.717, 1.165) is 16.4 Å². The van der Waals surface area contributed by atoms with Gasteiger partial charge in [0.1, 0.15) is 11.4 Å². The van der Waals surface area contributed by atoms with Crippen molar-refractivity contribution in [3.05, 3.63) is 41.4 Å². The van der Waals surface area contributed by atoms with Crippen LogP contribution in [0.25, 0.3) is 4.91 Å². The fourth-order valence-corrected chi connectivity index (χ4v) is 4.28. The first-order valence-corrected chi connectivity index (χ1v) is 9.04. The monoisotopic (exact) mass is 409 g/mol. The molecular formula is C18H14F3N3O3S. The van der Waals surface area contributed by atoms with Gasteiger partial charge in [0.25, 0.3) is 0 Å². The Labute approximate surface area is 161 Å². The summed E-state index contributed by atoms with van der Waals surface area (Å²) in [6, 6.07) is 3.85. The molecule has 10 heteroatoms. The highest BCUT2D eigenvalue weighted by molar-refractivity contribution is 8.08. The predicted octanol–water partition coefficient (Wildman–Crippen LogP) is 4.19. The number of allylic oxidation sites excluding steroid dienone is 1. The zero-order valence-electron chi connectivity index (χ0n) is 15.0. The number of halogens is 3. The molecule has 2 heterocycles. The lowest BCUT2D eigenvalue weighted by Gasteiger charge is -2.33. The molecule has 0 bridgehead atoms. The molecule has 0 saturated carbocycles. The molecule has 2 aliphatic rings. The molecule has 1 N–H and O–H groups in total. The number of ketones is 1. The van der Waals surface area contributed by atoms with Crippen LogP contribution in [-0.4, -0.2) is 27.8 Å². The Morgan fingerprint density at radius 1 is 1.32 bits per heavy atom. The molecule has 4 rings (SSSR count). The molecule has 0 unspecified atom stereocenters. The number of rotatable bonds is 1. The normalized spacial score (nSPS) is 17.4. The number of carbonyl (C=O) groups excluding carboxylic acids is 2. The lowest BCUT2D eigenvalue weighted by Crippen LogP contribution is -2.37. The van der Waals surface area contributed by atoms with Gasteiger partial charge in [-0.25, -0.2) is 4.68 Å². The molecule has 0 saturated heterocycles. The molecule has 146 valence electrons. The number of ether oxygens (including phenoxy) is 1. The van der Waals surface area contributed by atoms with E-state index in [1.165, 1.54) is 31.3 Å². The van der Waals surface area contributed by atoms with Crippen LogP contribution in [0.1, 0.15) is 36.8 Å². The summed E-state index contributed by atoms with van der Waals surface area (Å²) >= 11 is 1.12. The smallest absolute Gasteiger partial charge is 0.406 e. The number of hydrogen-bond acceptors (Lipinski definition) is 6. The van der Waals surface area contributed by atoms with Crippen molar-refractivity contribution in [1.29, 1.82) is 0 Å². The molecule has 1 aromatic heterocycles. The first-order valence-electron chi connectivity index (χ1n) is 8.22. The van der Waals surface area contributed by atoms with Crippen LogP contribution < -0.4 is 10.1 Å². The molecule has 28 heavy (non-hydrogen) atoms. The van der Waals surface area contributed by atoms with Crippen molar-refractivity contribution in [2.24, 2.45) is 0 Å². The summed E-state index contributed by atoms with van der Waals surface area (Å²) in [5.41, 5.74) is 0.948. The van der Waals surface area contributed by atoms with E-state index in [9.17, 15) is 22.8 Å². The number of Topliss-reactive ketones (excluding diaryl/α,β-unsaturated/α-hetero) is 1. The zero-order chi connectivity index (χ0) is 20.4. The van der Waals surface area contributed by atoms with E-state index in [4.69, 9.17) is 0 Å². The number of hydrogen-bond donors (Lipinski definition) is 1. The SMILES string of the molecule is CC(=O)n1cc2c(n1)C1=C(Nc3ccc(OC(F)(F)F)cc3S1)C(=O)C2(C)C. The minimum absolute atomic E-state index is 0.188. The molecule has 0 fully saturated rings. The number of thioether (sulfide) groups is 1. The standard InChI is InChI=1S/C18H14F3N3O3S/c1-8(25)24-7-10-13(23-24)15-14(16(26)17(10,2)3)22-11-5-4-9(6-12(11)28-15)27-18(19,20)21/h4-7,22H,1-3H3. The maximum Gasteiger partial charge on any atom is 0.573 e. The number of fused-ring (bicyclic) bond motifs is 3. The highest BCUT2D eigenvalue weighted by Crippen LogP contribution is 2.51. The molecule has 1 aliphatic heterocycles. The molecule has 1 aromatic carbocycles. The van der Waals surface area contributed by atoms with Gasteiger partial charge in [-0.3, -0.25) is 9.59 Å². The van der Waals surface area contributed by atoms with Gasteiger partial charge < -0.3 is 10.1 Å². The van der Waals surface area contributed by atoms with Crippen molar-refractivity contribution in [1.82, 2.24) is 9.78 Å². The second kappa shape index (κ2) is 5.87. The van der Waals surface area contributed by atoms with Crippen LogP contribution in [0.2, 0.25) is 0 Å². The Morgan fingerprint density at radius 3 is 2.68 bits per heavy atom. The Hall–Kier alpha value is -2.75. The molecule has 0 radical (unpaired) electrons. The highest BCUT2D eigenvalue weighted by Gasteiger charge is 2.45. The number of benzene rings is 1. The Bertz CT molecular complexity index is 1070. The number of carbonyl (C=O) groups is 2. The number of anilines is 1. The van der Waals surface area contributed by atoms with E-state index in [-0.39, 0.29) is 17.4 Å². The first-order chi connectivity index (χ1) is 13.0. The maximum absolute atomic E-state index is 13.1. The molecule has 0 atom stereocenters. The Balaban J connectivity index is 1.81. The lowest BCUT2D eigenvalue weighted by atomic mass is 9.76. The van der Waals surface area contributed by atoms with Crippen LogP contribution in [0.4, 0.5) is 18.9 Å². The second-order valence-electron chi connectivity index (χ2n) is 6.95. The van der Waals surface area contributed by atoms with Crippen LogP contribution in [0.3, 0.4) is 0 Å². The van der Waals surface area contributed by atoms with E-state index >= 15 is 0 Å². The molecule has 0 spiro atoms. The van der Waals surface area contributed by atoms with E-state index in [1.807, 2.05) is 0 Å². The Morgan fingerprint density at radius 2 is 2.04 bits per heavy atom. The van der Waals surface area contributed by atoms with Crippen molar-refractivity contribution < 1.29 is 27.5 Å². The third-order valence-electron chi connectivity index (χ3n) is 4.61. The maximum atomic E-state index is 13.1. The van der Waals surface area contributed by atoms with Gasteiger partial charge in [-0.15, -0.1) is 13.2 Å². The van der Waals surface area contributed by atoms with Gasteiger partial charge in [0.2, 0.25) is 5.91 Å². The molecule has 1 aliphatic carbocycles. The summed E-state index contributed by atoms with van der Waals surface area (Å²) in [5, 5.41) is 7.32. The van der Waals surface area contributed by atoms with Crippen molar-refractivity contribution >= 4 is 34.0 Å². The van der Waals surface area contributed by atoms with Crippen molar-refractivity contribution in [3.8, 4) is 5.75 Å². The fourth-order valence-electron chi connectivity index (χ4n) is 3.16. The van der Waals surface area contributed by atoms with Crippen LogP contribution in [0.15, 0.2) is 35.0 Å². The van der Waals surface area contributed by atoms with Crippen LogP contribution >= 0.6 is 11.8 Å². The van der Waals surface area contributed by atoms with Crippen LogP contribution in [0, 0.1) is 0 Å². The zero-order valence-corrected chi connectivity index (χ0v) is 15.8. The van der Waals surface area contributed by atoms with Gasteiger partial charge in [-0.1, -0.05) is 11.8 Å². The van der Waals surface area contributed by atoms with E-state index in [1.54, 1.807) is 13.8 Å². The lowest BCUT2D eigenvalue weighted by molar-refractivity contribution is -0.274. The third-order valence-corrected chi connectivity index (χ3v) is 5.76. The van der Waals surface area contributed by atoms with Crippen molar-refractivity contribution in [2.75, 3.05) is 5.32 Å². The second-order valence-corrected chi connectivity index (χ2v) is 8.00. The summed E-state index contributed by atoms with van der Waals surface area (Å²) in [5.74, 6) is -0.858. The average molecular weight is 409 g/mol. The summed E-state index contributed by atoms with van der Waals surface area (Å²) in [4.78, 5) is 25.7. The molecular weight excluding hydrogens is 395 g/mol. The van der Waals surface area contributed by atoms with Gasteiger partial charge in [0.05, 0.1) is 21.7 Å². The van der Waals surface area contributed by atoms with Crippen LogP contribution in [-0.2, 0) is 10.2 Å². The number of nitrogens with zero attached hydrogens (tertiary/aromatic N) is 2. The van der Waals surface area contributed by atoms with E-state index < -0.39 is 11.8 Å². The summed E-state index contributed by atoms with van der Waals surface area (Å²) in [6.07, 6.45) is -3.28. The van der Waals surface area contributed by atoms with E-state index in [0.29, 0.717) is 32.4 Å². The minimum atomic E-state index is -4.80. The highest BCUT2D eigenvalue weighted by atomic mass is 32.2. The third kappa shape index (κ3) is 2.88. The van der Waals surface area contributed by atoms with Crippen molar-refractivity contribution in [2.45, 2.75) is 37.4 Å². The molecule has 6 nitrogen and oxygen atoms in total. The quantitative estimate of drug-likeness (QED) is 0.762. The summed E-state index contributed by atoms with van der Waals surface area (Å²) in [6.45, 7) is 4.84. The largest absolute Gasteiger partial charge is 0.573 e.